The molecule has 10 unspecified atom stereocenters. The number of hydrogen-bond acceptors (Lipinski definition) is 46. The Hall–Kier alpha value is -5.07. The van der Waals surface area contributed by atoms with Crippen molar-refractivity contribution in [2.75, 3.05) is 63.1 Å². The van der Waals surface area contributed by atoms with E-state index >= 15 is 9.46 Å². The Labute approximate surface area is 686 Å². The molecule has 58 heteroatoms. The number of ether oxygens (including phenoxy) is 8. The monoisotopic (exact) mass is 1840 g/mol. The van der Waals surface area contributed by atoms with Crippen LogP contribution in [0.2, 0.25) is 0 Å². The first kappa shape index (κ1) is 84.9. The quantitative estimate of drug-likeness (QED) is 0.0207. The number of aliphatic hydroxyl groups excluding tert-OH is 1. The van der Waals surface area contributed by atoms with Gasteiger partial charge in [0.25, 0.3) is 21.2 Å². The third kappa shape index (κ3) is 15.5. The number of hydrogen-bond donors (Lipinski definition) is 6. The summed E-state index contributed by atoms with van der Waals surface area (Å²) in [6.07, 6.45) is -16.6. The van der Waals surface area contributed by atoms with Gasteiger partial charge in [-0.05, 0) is 34.6 Å². The molecule has 49 nitrogen and oxygen atoms in total. The first-order chi connectivity index (χ1) is 53.9. The van der Waals surface area contributed by atoms with Gasteiger partial charge in [0.1, 0.15) is 133 Å². The van der Waals surface area contributed by atoms with Crippen molar-refractivity contribution in [1.29, 1.82) is 0 Å². The van der Waals surface area contributed by atoms with Crippen LogP contribution in [0.15, 0.2) is 64.7 Å². The van der Waals surface area contributed by atoms with Crippen LogP contribution < -0.4 is 59.4 Å². The predicted octanol–water partition coefficient (Wildman–Crippen LogP) is -2.61. The van der Waals surface area contributed by atoms with Gasteiger partial charge in [0.05, 0.1) is 82.5 Å². The Bertz CT molecular complexity index is 5570. The van der Waals surface area contributed by atoms with Gasteiger partial charge in [0.15, 0.2) is 59.9 Å². The van der Waals surface area contributed by atoms with E-state index in [0.29, 0.717) is 0 Å². The van der Waals surface area contributed by atoms with Crippen molar-refractivity contribution in [3.05, 3.63) is 92.8 Å². The molecule has 621 valence electrons. The minimum atomic E-state index is -6.00. The molecule has 0 saturated carbocycles. The molecule has 0 aromatic carbocycles. The summed E-state index contributed by atoms with van der Waals surface area (Å²) in [6.45, 7) is -11.5. The number of H-pyrrole nitrogens is 1. The fraction of sp³-hybridized carbons (Fsp3) is 0.596. The van der Waals surface area contributed by atoms with E-state index in [4.69, 9.17) is 142 Å². The molecule has 10 N–H and O–H groups in total. The Balaban J connectivity index is 0.0000104. The average Bonchev–Trinajstić information content (AvgIpc) is 1.56. The first-order valence-electron chi connectivity index (χ1n) is 34.4. The molecule has 115 heavy (non-hydrogen) atoms. The fourth-order valence-corrected chi connectivity index (χ4v) is 21.1. The van der Waals surface area contributed by atoms with E-state index < -0.39 is 213 Å². The topological polar surface area (TPSA) is 654 Å². The second kappa shape index (κ2) is 31.4. The first-order valence-corrected chi connectivity index (χ1v) is 44.9. The van der Waals surface area contributed by atoms with Crippen molar-refractivity contribution in [3.63, 3.8) is 0 Å². The van der Waals surface area contributed by atoms with Crippen molar-refractivity contribution in [2.24, 2.45) is 0 Å². The second-order valence-electron chi connectivity index (χ2n) is 27.7. The summed E-state index contributed by atoms with van der Waals surface area (Å²) < 4.78 is 159. The van der Waals surface area contributed by atoms with Gasteiger partial charge < -0.3 is 143 Å². The summed E-state index contributed by atoms with van der Waals surface area (Å²) in [5.41, 5.74) is 16.6. The van der Waals surface area contributed by atoms with Crippen LogP contribution in [0.5, 0.6) is 0 Å². The van der Waals surface area contributed by atoms with Gasteiger partial charge >= 0.3 is 11.4 Å². The zero-order valence-corrected chi connectivity index (χ0v) is 70.2. The number of phosphoric ester groups is 2. The second-order valence-corrected chi connectivity index (χ2v) is 38.6. The van der Waals surface area contributed by atoms with E-state index in [0.717, 1.165) is 28.9 Å². The molecule has 8 aromatic rings. The maximum atomic E-state index is 15.0. The van der Waals surface area contributed by atoms with Gasteiger partial charge in [-0.1, -0.05) is 23.6 Å². The minimum Gasteiger partial charge on any atom is -0.780 e. The smallest absolute Gasteiger partial charge is 0.351 e. The molecule has 0 spiro atoms. The van der Waals surface area contributed by atoms with Gasteiger partial charge in [-0.2, -0.15) is 4.98 Å². The number of nitrogen functional groups attached to an aromatic ring is 4. The summed E-state index contributed by atoms with van der Waals surface area (Å²) in [6, 6.07) is 0. The minimum absolute atomic E-state index is 0. The summed E-state index contributed by atoms with van der Waals surface area (Å²) in [5.74, 6) is -0.234. The van der Waals surface area contributed by atoms with Crippen LogP contribution in [0.25, 0.3) is 33.5 Å². The molecule has 26 atom stereocenters. The van der Waals surface area contributed by atoms with E-state index in [9.17, 15) is 43.3 Å². The predicted molar refractivity (Wildman–Crippen MR) is 383 cm³/mol. The number of phosphoric acid groups is 2. The Morgan fingerprint density at radius 2 is 0.991 bits per heavy atom. The maximum Gasteiger partial charge on any atom is 0.351 e. The number of anilines is 4. The number of aryl methyl sites for hydroxylation is 2. The van der Waals surface area contributed by atoms with Gasteiger partial charge in [0.2, 0.25) is 0 Å². The number of aromatic nitrogens is 16. The third-order valence-electron chi connectivity index (χ3n) is 21.1. The van der Waals surface area contributed by atoms with Crippen LogP contribution >= 0.6 is 35.9 Å². The fourth-order valence-electron chi connectivity index (χ4n) is 15.2. The van der Waals surface area contributed by atoms with E-state index in [-0.39, 0.29) is 113 Å². The number of nitrogens with two attached hydrogens (primary N) is 4. The molecular weight excluding hydrogens is 1770 g/mol. The van der Waals surface area contributed by atoms with E-state index in [1.807, 2.05) is 0 Å². The van der Waals surface area contributed by atoms with Gasteiger partial charge in [-0.3, -0.25) is 46.3 Å². The number of aromatic amines is 1. The SMILES string of the molecule is COP([O-])(=S)OC1C[C@H](n2cc(C)c(=O)[nH]c2=O)O[C@@H]1COP(=O)([S-])OC1C[C@H](n2cnc3c(N)ncnc32)O[C@@H]1COP(=O)([O-])OC1[C@@H]2O[C@@H](C)[C@]1(COP(=O)([O-])OC1[C@@H]3O[C@@H](C)[C@]1(COP([O-])(=S)OC1[C@@H]4O[C@@H](C)[C@]1(CO)O[C@H]4n1cnc4c(N)ncnc41)O[C@H]3n1cc(C)c(N)nc1=O)O[C@H]2n1cnc2c(N)ncnc21.[Y]. The van der Waals surface area contributed by atoms with Crippen LogP contribution in [0.3, 0.4) is 0 Å². The van der Waals surface area contributed by atoms with Crippen molar-refractivity contribution < 1.29 is 154 Å². The van der Waals surface area contributed by atoms with Gasteiger partial charge in [0, 0.05) is 76.2 Å². The van der Waals surface area contributed by atoms with E-state index in [1.54, 1.807) is 6.92 Å². The number of rotatable bonds is 29. The van der Waals surface area contributed by atoms with E-state index in [2.05, 4.69) is 54.8 Å². The summed E-state index contributed by atoms with van der Waals surface area (Å²) in [4.78, 5) is 140. The Kier molecular flexibility index (Phi) is 23.2. The van der Waals surface area contributed by atoms with Crippen LogP contribution in [-0.4, -0.2) is 219 Å². The third-order valence-corrected chi connectivity index (χ3v) is 27.7. The molecular formula is C57H68N20O29P5S3Y-5. The molecule has 16 heterocycles. The van der Waals surface area contributed by atoms with Gasteiger partial charge in [-0.15, -0.1) is 0 Å². The summed E-state index contributed by atoms with van der Waals surface area (Å²) >= 11 is 16.0. The van der Waals surface area contributed by atoms with E-state index in [1.165, 1.54) is 79.1 Å². The molecule has 8 fully saturated rings. The van der Waals surface area contributed by atoms with Crippen molar-refractivity contribution in [2.45, 2.75) is 175 Å². The number of nitrogens with one attached hydrogen (secondary N) is 1. The number of imidazole rings is 3. The normalized spacial score (nSPS) is 34.7. The van der Waals surface area contributed by atoms with Crippen LogP contribution in [0.4, 0.5) is 23.3 Å². The molecule has 16 rings (SSSR count). The summed E-state index contributed by atoms with van der Waals surface area (Å²) in [7, 11) is -10.9. The molecule has 1 radical (unpaired) electrons. The van der Waals surface area contributed by atoms with Crippen molar-refractivity contribution in [3.8, 4) is 0 Å². The molecule has 8 aromatic heterocycles. The van der Waals surface area contributed by atoms with Crippen molar-refractivity contribution >= 4 is 129 Å². The average molecular weight is 1840 g/mol. The summed E-state index contributed by atoms with van der Waals surface area (Å²) in [5, 5.41) is 11.0. The molecule has 8 aliphatic rings. The zero-order chi connectivity index (χ0) is 81.1. The molecule has 6 bridgehead atoms. The number of fused-ring (bicyclic) bond motifs is 9. The Morgan fingerprint density at radius 3 is 1.51 bits per heavy atom. The molecule has 8 aliphatic heterocycles. The van der Waals surface area contributed by atoms with Gasteiger partial charge in [-0.25, -0.2) is 54.4 Å². The zero-order valence-electron chi connectivity index (χ0n) is 60.4. The molecule has 0 amide bonds. The molecule has 8 saturated heterocycles. The van der Waals surface area contributed by atoms with Crippen LogP contribution in [0.1, 0.15) is 75.9 Å². The molecule has 0 aliphatic carbocycles. The number of nitrogens with zero attached hydrogens (tertiary/aromatic N) is 15. The maximum absolute atomic E-state index is 15.0. The van der Waals surface area contributed by atoms with Crippen molar-refractivity contribution in [1.82, 2.24) is 77.7 Å². The van der Waals surface area contributed by atoms with Crippen LogP contribution in [-0.2, 0) is 165 Å². The Morgan fingerprint density at radius 1 is 0.557 bits per heavy atom. The standard InChI is InChI=1S/C57H73N20O29P5S3.Y/c1-22-9-74(53(80)71-42(22)58)50-37-40(57(100-50,26(5)95-37)15-93-111(88,114)106-39-36-51(99-55(39,13-78)24(3)94-36)76-20-69-34-44(60)63-17-66-47(34)76)105-108(84,85)92-14-56-25(4)96-38(52(101-56)77-21-70-35-45(61)64-18-67-48(35)77)41(56)104-107(82,83)90-11-29-28(8-32(98-29)75-19-68-33-43(59)62-16-65-46(33)75)103-110(87,113)91-12-30-27(102-109(86,112)89-6)7-31(97-30)73-10-23(2)49(79)72-54(73)81;/h9-10,16-21,24-32,36-41,50-52,78H,7-8,11-15H2,1-6H3,(H,82,83)(H,84,85)(H,86,112)(H,87,113)(H,88,114)(H2,58,71,80)(H2,59,62,65)(H2,60,63,66)(H2,61,64,67)(H,72,79,81);/p-5/t24-,25-,26-,27?,28?,29+,30+,31+,32+,36-,37-,38-,39?,40?,41?,50+,51+,52+,55-,56-,57-,109?,110?,111?;/m0./s1. The largest absolute Gasteiger partial charge is 0.780 e. The number of aliphatic hydroxyl groups is 1. The van der Waals surface area contributed by atoms with Crippen LogP contribution in [0, 0.1) is 13.8 Å².